The van der Waals surface area contributed by atoms with Crippen molar-refractivity contribution >= 4 is 11.7 Å². The Bertz CT molecular complexity index is 492. The number of oxime groups is 1. The largest absolute Gasteiger partial charge is 0.409 e. The summed E-state index contributed by atoms with van der Waals surface area (Å²) in [7, 11) is 1.57. The topological polar surface area (TPSA) is 122 Å². The average Bonchev–Trinajstić information content (AvgIpc) is 2.52. The number of aromatic nitrogens is 1. The number of carbonyl (C=O) groups is 1. The van der Waals surface area contributed by atoms with E-state index in [9.17, 15) is 4.79 Å². The van der Waals surface area contributed by atoms with E-state index in [0.29, 0.717) is 25.4 Å². The van der Waals surface area contributed by atoms with Crippen molar-refractivity contribution < 1.29 is 14.7 Å². The first-order valence-corrected chi connectivity index (χ1v) is 6.52. The molecule has 8 heteroatoms. The molecule has 0 bridgehead atoms. The maximum Gasteiger partial charge on any atom is 0.236 e. The van der Waals surface area contributed by atoms with Crippen LogP contribution in [0.15, 0.2) is 23.5 Å². The van der Waals surface area contributed by atoms with E-state index in [2.05, 4.69) is 20.8 Å². The summed E-state index contributed by atoms with van der Waals surface area (Å²) in [4.78, 5) is 15.8. The van der Waals surface area contributed by atoms with Gasteiger partial charge in [-0.3, -0.25) is 9.78 Å². The molecule has 21 heavy (non-hydrogen) atoms. The molecule has 1 atom stereocenters. The van der Waals surface area contributed by atoms with Crippen molar-refractivity contribution in [3.63, 3.8) is 0 Å². The summed E-state index contributed by atoms with van der Waals surface area (Å²) in [6.07, 6.45) is 1.55. The number of pyridine rings is 1. The summed E-state index contributed by atoms with van der Waals surface area (Å²) in [5.74, 6) is -0.189. The SMILES string of the molecule is COCCNC(=O)C(C)NCc1cccnc1/C(N)=N/O. The summed E-state index contributed by atoms with van der Waals surface area (Å²) in [6, 6.07) is 3.15. The van der Waals surface area contributed by atoms with Gasteiger partial charge in [-0.25, -0.2) is 0 Å². The molecule has 1 heterocycles. The molecule has 0 radical (unpaired) electrons. The third-order valence-electron chi connectivity index (χ3n) is 2.84. The van der Waals surface area contributed by atoms with Gasteiger partial charge in [0.05, 0.1) is 12.6 Å². The second-order valence-corrected chi connectivity index (χ2v) is 4.38. The van der Waals surface area contributed by atoms with Gasteiger partial charge in [0.1, 0.15) is 5.69 Å². The molecule has 1 rings (SSSR count). The van der Waals surface area contributed by atoms with Gasteiger partial charge in [0.15, 0.2) is 5.84 Å². The number of nitrogens with one attached hydrogen (secondary N) is 2. The molecule has 5 N–H and O–H groups in total. The predicted molar refractivity (Wildman–Crippen MR) is 77.9 cm³/mol. The quantitative estimate of drug-likeness (QED) is 0.167. The first kappa shape index (κ1) is 16.9. The summed E-state index contributed by atoms with van der Waals surface area (Å²) in [5, 5.41) is 17.5. The third kappa shape index (κ3) is 5.36. The summed E-state index contributed by atoms with van der Waals surface area (Å²) in [6.45, 7) is 3.05. The Kier molecular flexibility index (Phi) is 7.13. The third-order valence-corrected chi connectivity index (χ3v) is 2.84. The normalized spacial score (nSPS) is 13.0. The van der Waals surface area contributed by atoms with Crippen LogP contribution in [0, 0.1) is 0 Å². The van der Waals surface area contributed by atoms with Gasteiger partial charge in [-0.1, -0.05) is 11.2 Å². The lowest BCUT2D eigenvalue weighted by Gasteiger charge is -2.15. The molecule has 0 aliphatic carbocycles. The van der Waals surface area contributed by atoms with Crippen LogP contribution < -0.4 is 16.4 Å². The van der Waals surface area contributed by atoms with E-state index in [1.54, 1.807) is 32.4 Å². The van der Waals surface area contributed by atoms with Crippen molar-refractivity contribution in [3.8, 4) is 0 Å². The molecule has 0 spiro atoms. The highest BCUT2D eigenvalue weighted by atomic mass is 16.5. The number of hydrogen-bond acceptors (Lipinski definition) is 6. The minimum Gasteiger partial charge on any atom is -0.409 e. The molecule has 8 nitrogen and oxygen atoms in total. The van der Waals surface area contributed by atoms with Crippen LogP contribution in [-0.4, -0.2) is 48.2 Å². The van der Waals surface area contributed by atoms with Crippen LogP contribution in [0.2, 0.25) is 0 Å². The zero-order chi connectivity index (χ0) is 15.7. The Morgan fingerprint density at radius 1 is 1.62 bits per heavy atom. The zero-order valence-electron chi connectivity index (χ0n) is 12.2. The molecule has 0 aliphatic rings. The lowest BCUT2D eigenvalue weighted by Crippen LogP contribution is -2.43. The van der Waals surface area contributed by atoms with Gasteiger partial charge in [0.2, 0.25) is 5.91 Å². The van der Waals surface area contributed by atoms with Gasteiger partial charge in [0.25, 0.3) is 0 Å². The predicted octanol–water partition coefficient (Wildman–Crippen LogP) is -0.583. The highest BCUT2D eigenvalue weighted by Gasteiger charge is 2.13. The van der Waals surface area contributed by atoms with Gasteiger partial charge in [-0.2, -0.15) is 0 Å². The van der Waals surface area contributed by atoms with E-state index < -0.39 is 0 Å². The number of carbonyl (C=O) groups excluding carboxylic acids is 1. The monoisotopic (exact) mass is 295 g/mol. The minimum atomic E-state index is -0.387. The minimum absolute atomic E-state index is 0.0652. The number of amides is 1. The van der Waals surface area contributed by atoms with E-state index in [1.165, 1.54) is 0 Å². The van der Waals surface area contributed by atoms with E-state index >= 15 is 0 Å². The van der Waals surface area contributed by atoms with Crippen LogP contribution >= 0.6 is 0 Å². The summed E-state index contributed by atoms with van der Waals surface area (Å²) < 4.78 is 4.86. The number of methoxy groups -OCH3 is 1. The Morgan fingerprint density at radius 2 is 2.38 bits per heavy atom. The highest BCUT2D eigenvalue weighted by molar-refractivity contribution is 5.96. The average molecular weight is 295 g/mol. The molecule has 1 amide bonds. The first-order valence-electron chi connectivity index (χ1n) is 6.52. The van der Waals surface area contributed by atoms with Crippen LogP contribution in [0.4, 0.5) is 0 Å². The fraction of sp³-hybridized carbons (Fsp3) is 0.462. The lowest BCUT2D eigenvalue weighted by molar-refractivity contribution is -0.122. The Hall–Kier alpha value is -2.19. The molecule has 0 fully saturated rings. The van der Waals surface area contributed by atoms with Crippen LogP contribution in [0.3, 0.4) is 0 Å². The molecule has 0 saturated carbocycles. The van der Waals surface area contributed by atoms with E-state index in [1.807, 2.05) is 0 Å². The number of rotatable bonds is 8. The molecular formula is C13H21N5O3. The number of nitrogens with zero attached hydrogens (tertiary/aromatic N) is 2. The van der Waals surface area contributed by atoms with Crippen LogP contribution in [-0.2, 0) is 16.1 Å². The lowest BCUT2D eigenvalue weighted by atomic mass is 10.1. The maximum absolute atomic E-state index is 11.8. The summed E-state index contributed by atoms with van der Waals surface area (Å²) in [5.41, 5.74) is 6.69. The smallest absolute Gasteiger partial charge is 0.236 e. The molecule has 0 aromatic carbocycles. The van der Waals surface area contributed by atoms with Crippen molar-refractivity contribution in [1.82, 2.24) is 15.6 Å². The van der Waals surface area contributed by atoms with E-state index in [0.717, 1.165) is 5.56 Å². The van der Waals surface area contributed by atoms with E-state index in [4.69, 9.17) is 15.7 Å². The van der Waals surface area contributed by atoms with Crippen LogP contribution in [0.5, 0.6) is 0 Å². The molecule has 0 saturated heterocycles. The fourth-order valence-corrected chi connectivity index (χ4v) is 1.64. The molecule has 1 aromatic rings. The number of nitrogens with two attached hydrogens (primary N) is 1. The van der Waals surface area contributed by atoms with Crippen molar-refractivity contribution in [2.24, 2.45) is 10.9 Å². The zero-order valence-corrected chi connectivity index (χ0v) is 12.2. The molecule has 1 aromatic heterocycles. The van der Waals surface area contributed by atoms with Gasteiger partial charge >= 0.3 is 0 Å². The molecule has 0 aliphatic heterocycles. The van der Waals surface area contributed by atoms with Crippen LogP contribution in [0.1, 0.15) is 18.2 Å². The molecule has 1 unspecified atom stereocenters. The number of ether oxygens (including phenoxy) is 1. The van der Waals surface area contributed by atoms with Gasteiger partial charge in [-0.05, 0) is 18.6 Å². The number of amidine groups is 1. The maximum atomic E-state index is 11.8. The first-order chi connectivity index (χ1) is 10.1. The fourth-order valence-electron chi connectivity index (χ4n) is 1.64. The van der Waals surface area contributed by atoms with Gasteiger partial charge in [0, 0.05) is 26.4 Å². The molecular weight excluding hydrogens is 274 g/mol. The van der Waals surface area contributed by atoms with Crippen molar-refractivity contribution in [2.75, 3.05) is 20.3 Å². The van der Waals surface area contributed by atoms with E-state index in [-0.39, 0.29) is 17.8 Å². The Balaban J connectivity index is 2.57. The van der Waals surface area contributed by atoms with Crippen molar-refractivity contribution in [1.29, 1.82) is 0 Å². The molecule has 116 valence electrons. The van der Waals surface area contributed by atoms with Crippen molar-refractivity contribution in [3.05, 3.63) is 29.6 Å². The summed E-state index contributed by atoms with van der Waals surface area (Å²) >= 11 is 0. The second kappa shape index (κ2) is 8.88. The highest BCUT2D eigenvalue weighted by Crippen LogP contribution is 2.05. The number of hydrogen-bond donors (Lipinski definition) is 4. The van der Waals surface area contributed by atoms with Crippen molar-refractivity contribution in [2.45, 2.75) is 19.5 Å². The second-order valence-electron chi connectivity index (χ2n) is 4.38. The standard InChI is InChI=1S/C13H21N5O3/c1-9(13(19)16-6-7-21-2)17-8-10-4-3-5-15-11(10)12(14)18-20/h3-5,9,17,20H,6-8H2,1-2H3,(H2,14,18)(H,16,19). The van der Waals surface area contributed by atoms with Gasteiger partial charge in [-0.15, -0.1) is 0 Å². The Labute approximate surface area is 123 Å². The van der Waals surface area contributed by atoms with Crippen LogP contribution in [0.25, 0.3) is 0 Å². The van der Waals surface area contributed by atoms with Gasteiger partial charge < -0.3 is 26.3 Å². The Morgan fingerprint density at radius 3 is 3.05 bits per heavy atom.